The zero-order valence-electron chi connectivity index (χ0n) is 9.67. The van der Waals surface area contributed by atoms with E-state index in [0.717, 1.165) is 0 Å². The van der Waals surface area contributed by atoms with Crippen LogP contribution in [0.25, 0.3) is 6.08 Å². The van der Waals surface area contributed by atoms with Crippen molar-refractivity contribution in [1.29, 1.82) is 0 Å². The smallest absolute Gasteiger partial charge is 0.341 e. The van der Waals surface area contributed by atoms with Crippen LogP contribution >= 0.6 is 0 Å². The molecule has 1 aromatic rings. The number of imide groups is 1. The van der Waals surface area contributed by atoms with Crippen LogP contribution in [0.15, 0.2) is 30.0 Å². The highest BCUT2D eigenvalue weighted by Crippen LogP contribution is 2.14. The largest absolute Gasteiger partial charge is 0.482 e. The number of ether oxygens (including phenoxy) is 1. The minimum Gasteiger partial charge on any atom is -0.482 e. The number of benzene rings is 1. The summed E-state index contributed by atoms with van der Waals surface area (Å²) in [7, 11) is 0. The van der Waals surface area contributed by atoms with Crippen molar-refractivity contribution in [3.63, 3.8) is 0 Å². The van der Waals surface area contributed by atoms with Gasteiger partial charge in [0.25, 0.3) is 5.91 Å². The fourth-order valence-corrected chi connectivity index (χ4v) is 1.45. The third kappa shape index (κ3) is 3.32. The first kappa shape index (κ1) is 12.6. The summed E-state index contributed by atoms with van der Waals surface area (Å²) in [6.45, 7) is -0.418. The summed E-state index contributed by atoms with van der Waals surface area (Å²) in [5, 5.41) is 12.9. The lowest BCUT2D eigenvalue weighted by molar-refractivity contribution is -0.139. The van der Waals surface area contributed by atoms with Gasteiger partial charge in [-0.15, -0.1) is 0 Å². The Morgan fingerprint density at radius 2 is 1.89 bits per heavy atom. The number of amides is 3. The monoisotopic (exact) mass is 262 g/mol. The van der Waals surface area contributed by atoms with Gasteiger partial charge in [0.2, 0.25) is 0 Å². The number of rotatable bonds is 4. The van der Waals surface area contributed by atoms with E-state index in [4.69, 9.17) is 9.84 Å². The van der Waals surface area contributed by atoms with Crippen molar-refractivity contribution in [3.8, 4) is 5.75 Å². The van der Waals surface area contributed by atoms with E-state index in [2.05, 4.69) is 10.6 Å². The summed E-state index contributed by atoms with van der Waals surface area (Å²) in [5.74, 6) is -1.14. The molecule has 1 aliphatic heterocycles. The maximum atomic E-state index is 11.3. The zero-order chi connectivity index (χ0) is 13.8. The lowest BCUT2D eigenvalue weighted by Gasteiger charge is -2.03. The summed E-state index contributed by atoms with van der Waals surface area (Å²) in [5.41, 5.74) is 0.833. The van der Waals surface area contributed by atoms with E-state index < -0.39 is 24.5 Å². The Morgan fingerprint density at radius 3 is 2.42 bits per heavy atom. The number of carbonyl (C=O) groups is 3. The molecular formula is C12H10N2O5. The molecule has 0 unspecified atom stereocenters. The van der Waals surface area contributed by atoms with Gasteiger partial charge in [-0.3, -0.25) is 10.1 Å². The highest BCUT2D eigenvalue weighted by molar-refractivity contribution is 6.13. The molecule has 1 saturated heterocycles. The fourth-order valence-electron chi connectivity index (χ4n) is 1.45. The Bertz CT molecular complexity index is 562. The Hall–Kier alpha value is -2.83. The van der Waals surface area contributed by atoms with Crippen LogP contribution in [0.5, 0.6) is 5.75 Å². The second kappa shape index (κ2) is 5.21. The molecule has 0 saturated carbocycles. The summed E-state index contributed by atoms with van der Waals surface area (Å²) in [6, 6.07) is 5.87. The molecule has 1 heterocycles. The normalized spacial score (nSPS) is 16.1. The Balaban J connectivity index is 2.06. The number of urea groups is 1. The van der Waals surface area contributed by atoms with Gasteiger partial charge < -0.3 is 15.2 Å². The first-order chi connectivity index (χ1) is 9.04. The number of carbonyl (C=O) groups excluding carboxylic acids is 2. The average Bonchev–Trinajstić information content (AvgIpc) is 2.67. The summed E-state index contributed by atoms with van der Waals surface area (Å²) in [4.78, 5) is 32.5. The van der Waals surface area contributed by atoms with Crippen LogP contribution in [0.2, 0.25) is 0 Å². The molecule has 3 N–H and O–H groups in total. The molecule has 0 aromatic heterocycles. The van der Waals surface area contributed by atoms with Gasteiger partial charge >= 0.3 is 12.0 Å². The van der Waals surface area contributed by atoms with Gasteiger partial charge in [-0.2, -0.15) is 0 Å². The molecule has 0 aliphatic carbocycles. The maximum absolute atomic E-state index is 11.3. The van der Waals surface area contributed by atoms with E-state index in [1.165, 1.54) is 6.08 Å². The standard InChI is InChI=1S/C12H10N2O5/c15-10(16)6-19-8-3-1-7(2-4-8)5-9-11(17)14-12(18)13-9/h1-5H,6H2,(H,15,16)(H2,13,14,17,18)/b9-5-. The second-order valence-corrected chi connectivity index (χ2v) is 3.72. The SMILES string of the molecule is O=C(O)COc1ccc(/C=C2\NC(=O)NC2=O)cc1. The molecule has 1 aliphatic rings. The molecule has 19 heavy (non-hydrogen) atoms. The van der Waals surface area contributed by atoms with Crippen LogP contribution < -0.4 is 15.4 Å². The molecule has 2 rings (SSSR count). The topological polar surface area (TPSA) is 105 Å². The van der Waals surface area contributed by atoms with E-state index in [-0.39, 0.29) is 5.70 Å². The fraction of sp³-hybridized carbons (Fsp3) is 0.0833. The Kier molecular flexibility index (Phi) is 3.46. The van der Waals surface area contributed by atoms with Crippen LogP contribution in [0.1, 0.15) is 5.56 Å². The van der Waals surface area contributed by atoms with E-state index >= 15 is 0 Å². The third-order valence-electron chi connectivity index (χ3n) is 2.27. The summed E-state index contributed by atoms with van der Waals surface area (Å²) in [6.07, 6.45) is 1.50. The lowest BCUT2D eigenvalue weighted by atomic mass is 10.2. The first-order valence-corrected chi connectivity index (χ1v) is 5.33. The van der Waals surface area contributed by atoms with Gasteiger partial charge in [-0.1, -0.05) is 12.1 Å². The summed E-state index contributed by atoms with van der Waals surface area (Å²) < 4.78 is 4.96. The molecule has 0 radical (unpaired) electrons. The van der Waals surface area contributed by atoms with Crippen molar-refractivity contribution in [2.45, 2.75) is 0 Å². The Labute approximate surface area is 107 Å². The van der Waals surface area contributed by atoms with Crippen LogP contribution in [-0.4, -0.2) is 29.6 Å². The number of aliphatic carboxylic acids is 1. The van der Waals surface area contributed by atoms with Crippen molar-refractivity contribution in [2.75, 3.05) is 6.61 Å². The van der Waals surface area contributed by atoms with E-state index in [0.29, 0.717) is 11.3 Å². The van der Waals surface area contributed by atoms with Gasteiger partial charge in [-0.25, -0.2) is 9.59 Å². The quantitative estimate of drug-likeness (QED) is 0.535. The second-order valence-electron chi connectivity index (χ2n) is 3.72. The summed E-state index contributed by atoms with van der Waals surface area (Å²) >= 11 is 0. The average molecular weight is 262 g/mol. The molecule has 7 heteroatoms. The van der Waals surface area contributed by atoms with Gasteiger partial charge in [0, 0.05) is 0 Å². The number of hydrogen-bond donors (Lipinski definition) is 3. The van der Waals surface area contributed by atoms with Crippen molar-refractivity contribution in [2.24, 2.45) is 0 Å². The van der Waals surface area contributed by atoms with Crippen molar-refractivity contribution in [1.82, 2.24) is 10.6 Å². The molecule has 0 atom stereocenters. The molecular weight excluding hydrogens is 252 g/mol. The number of carboxylic acid groups (broad SMARTS) is 1. The highest BCUT2D eigenvalue weighted by Gasteiger charge is 2.22. The van der Waals surface area contributed by atoms with Crippen molar-refractivity contribution in [3.05, 3.63) is 35.5 Å². The molecule has 7 nitrogen and oxygen atoms in total. The first-order valence-electron chi connectivity index (χ1n) is 5.33. The van der Waals surface area contributed by atoms with Gasteiger partial charge in [-0.05, 0) is 23.8 Å². The van der Waals surface area contributed by atoms with E-state index in [1.807, 2.05) is 0 Å². The van der Waals surface area contributed by atoms with Gasteiger partial charge in [0.1, 0.15) is 11.4 Å². The van der Waals surface area contributed by atoms with Crippen LogP contribution in [0.3, 0.4) is 0 Å². The zero-order valence-corrected chi connectivity index (χ0v) is 9.67. The minimum absolute atomic E-state index is 0.157. The third-order valence-corrected chi connectivity index (χ3v) is 2.27. The van der Waals surface area contributed by atoms with Crippen LogP contribution in [0.4, 0.5) is 4.79 Å². The Morgan fingerprint density at radius 1 is 1.21 bits per heavy atom. The molecule has 3 amide bonds. The molecule has 0 bridgehead atoms. The predicted molar refractivity (Wildman–Crippen MR) is 64.2 cm³/mol. The number of carboxylic acids is 1. The van der Waals surface area contributed by atoms with Crippen LogP contribution in [-0.2, 0) is 9.59 Å². The van der Waals surface area contributed by atoms with Gasteiger partial charge in [0.15, 0.2) is 6.61 Å². The molecule has 0 spiro atoms. The van der Waals surface area contributed by atoms with E-state index in [9.17, 15) is 14.4 Å². The van der Waals surface area contributed by atoms with Crippen LogP contribution in [0, 0.1) is 0 Å². The predicted octanol–water partition coefficient (Wildman–Crippen LogP) is 0.330. The lowest BCUT2D eigenvalue weighted by Crippen LogP contribution is -2.22. The van der Waals surface area contributed by atoms with E-state index in [1.54, 1.807) is 24.3 Å². The van der Waals surface area contributed by atoms with Gasteiger partial charge in [0.05, 0.1) is 0 Å². The maximum Gasteiger partial charge on any atom is 0.341 e. The number of nitrogens with one attached hydrogen (secondary N) is 2. The molecule has 98 valence electrons. The number of hydrogen-bond acceptors (Lipinski definition) is 4. The molecule has 1 fully saturated rings. The highest BCUT2D eigenvalue weighted by atomic mass is 16.5. The minimum atomic E-state index is -1.06. The molecule has 1 aromatic carbocycles. The van der Waals surface area contributed by atoms with Crippen molar-refractivity contribution >= 4 is 24.0 Å². The van der Waals surface area contributed by atoms with Crippen molar-refractivity contribution < 1.29 is 24.2 Å².